The van der Waals surface area contributed by atoms with Gasteiger partial charge in [-0.05, 0) is 24.8 Å². The van der Waals surface area contributed by atoms with E-state index in [0.29, 0.717) is 18.9 Å². The average Bonchev–Trinajstić information content (AvgIpc) is 2.64. The molecule has 0 aromatic carbocycles. The van der Waals surface area contributed by atoms with Crippen LogP contribution in [0.2, 0.25) is 0 Å². The summed E-state index contributed by atoms with van der Waals surface area (Å²) in [6.45, 7) is 5.61. The van der Waals surface area contributed by atoms with Crippen LogP contribution in [0.25, 0.3) is 0 Å². The van der Waals surface area contributed by atoms with Crippen molar-refractivity contribution < 1.29 is 4.79 Å². The highest BCUT2D eigenvalue weighted by atomic mass is 16.2. The lowest BCUT2D eigenvalue weighted by molar-refractivity contribution is -0.132. The molecule has 1 aromatic rings. The van der Waals surface area contributed by atoms with E-state index in [4.69, 9.17) is 0 Å². The van der Waals surface area contributed by atoms with Gasteiger partial charge in [0.2, 0.25) is 11.9 Å². The Morgan fingerprint density at radius 3 is 2.50 bits per heavy atom. The van der Waals surface area contributed by atoms with Crippen LogP contribution < -0.4 is 5.32 Å². The van der Waals surface area contributed by atoms with Crippen molar-refractivity contribution in [2.24, 2.45) is 5.92 Å². The maximum Gasteiger partial charge on any atom is 0.224 e. The fourth-order valence-corrected chi connectivity index (χ4v) is 3.74. The van der Waals surface area contributed by atoms with Gasteiger partial charge in [0, 0.05) is 58.1 Å². The smallest absolute Gasteiger partial charge is 0.224 e. The monoisotopic (exact) mass is 331 g/mol. The zero-order chi connectivity index (χ0) is 16.6. The number of hydrogen-bond donors (Lipinski definition) is 1. The first kappa shape index (κ1) is 17.1. The van der Waals surface area contributed by atoms with Crippen molar-refractivity contribution in [2.45, 2.75) is 38.5 Å². The first-order valence-electron chi connectivity index (χ1n) is 9.32. The van der Waals surface area contributed by atoms with Crippen LogP contribution >= 0.6 is 0 Å². The van der Waals surface area contributed by atoms with Crippen LogP contribution in [0.5, 0.6) is 0 Å². The summed E-state index contributed by atoms with van der Waals surface area (Å²) < 4.78 is 0. The van der Waals surface area contributed by atoms with Gasteiger partial charge in [-0.2, -0.15) is 0 Å². The molecule has 1 N–H and O–H groups in total. The molecule has 0 unspecified atom stereocenters. The van der Waals surface area contributed by atoms with Crippen LogP contribution in [0, 0.1) is 5.92 Å². The molecule has 0 radical (unpaired) electrons. The second-order valence-corrected chi connectivity index (χ2v) is 6.93. The third-order valence-corrected chi connectivity index (χ3v) is 5.15. The summed E-state index contributed by atoms with van der Waals surface area (Å²) in [5.74, 6) is 1.70. The number of rotatable bonds is 6. The first-order chi connectivity index (χ1) is 11.8. The standard InChI is InChI=1S/C18H29N5O/c24-17(7-10-21-18-19-8-4-9-20-18)23-13-11-22(12-14-23)15-16-5-2-1-3-6-16/h4,8-9,16H,1-3,5-7,10-15H2,(H,19,20,21). The van der Waals surface area contributed by atoms with Gasteiger partial charge in [-0.25, -0.2) is 9.97 Å². The normalized spacial score (nSPS) is 20.1. The number of carbonyl (C=O) groups excluding carboxylic acids is 1. The Morgan fingerprint density at radius 2 is 1.79 bits per heavy atom. The highest BCUT2D eigenvalue weighted by molar-refractivity contribution is 5.76. The number of carbonyl (C=O) groups is 1. The summed E-state index contributed by atoms with van der Waals surface area (Å²) in [5.41, 5.74) is 0. The summed E-state index contributed by atoms with van der Waals surface area (Å²) in [7, 11) is 0. The Balaban J connectivity index is 1.32. The van der Waals surface area contributed by atoms with E-state index in [2.05, 4.69) is 20.2 Å². The van der Waals surface area contributed by atoms with E-state index in [-0.39, 0.29) is 5.91 Å². The van der Waals surface area contributed by atoms with Crippen LogP contribution in [-0.2, 0) is 4.79 Å². The molecule has 6 nitrogen and oxygen atoms in total. The van der Waals surface area contributed by atoms with Gasteiger partial charge in [-0.3, -0.25) is 9.69 Å². The minimum Gasteiger partial charge on any atom is -0.354 e. The maximum absolute atomic E-state index is 12.3. The molecule has 2 fully saturated rings. The molecule has 24 heavy (non-hydrogen) atoms. The lowest BCUT2D eigenvalue weighted by Gasteiger charge is -2.37. The molecule has 3 rings (SSSR count). The van der Waals surface area contributed by atoms with Crippen molar-refractivity contribution >= 4 is 11.9 Å². The lowest BCUT2D eigenvalue weighted by Crippen LogP contribution is -2.50. The molecule has 1 aromatic heterocycles. The SMILES string of the molecule is O=C(CCNc1ncccn1)N1CCN(CC2CCCCC2)CC1. The molecule has 6 heteroatoms. The maximum atomic E-state index is 12.3. The van der Waals surface area contributed by atoms with Crippen molar-refractivity contribution in [1.82, 2.24) is 19.8 Å². The molecule has 1 amide bonds. The van der Waals surface area contributed by atoms with Gasteiger partial charge in [0.25, 0.3) is 0 Å². The highest BCUT2D eigenvalue weighted by Crippen LogP contribution is 2.24. The Morgan fingerprint density at radius 1 is 1.08 bits per heavy atom. The van der Waals surface area contributed by atoms with Gasteiger partial charge < -0.3 is 10.2 Å². The number of piperazine rings is 1. The van der Waals surface area contributed by atoms with E-state index in [9.17, 15) is 4.79 Å². The van der Waals surface area contributed by atoms with Gasteiger partial charge in [-0.15, -0.1) is 0 Å². The van der Waals surface area contributed by atoms with Gasteiger partial charge >= 0.3 is 0 Å². The van der Waals surface area contributed by atoms with Crippen LogP contribution in [0.15, 0.2) is 18.5 Å². The van der Waals surface area contributed by atoms with E-state index in [1.54, 1.807) is 18.5 Å². The zero-order valence-electron chi connectivity index (χ0n) is 14.5. The Hall–Kier alpha value is -1.69. The fourth-order valence-electron chi connectivity index (χ4n) is 3.74. The molecule has 2 heterocycles. The van der Waals surface area contributed by atoms with Crippen LogP contribution in [-0.4, -0.2) is 64.9 Å². The quantitative estimate of drug-likeness (QED) is 0.864. The minimum atomic E-state index is 0.232. The number of nitrogens with zero attached hydrogens (tertiary/aromatic N) is 4. The molecular weight excluding hydrogens is 302 g/mol. The molecule has 1 aliphatic heterocycles. The molecule has 0 bridgehead atoms. The lowest BCUT2D eigenvalue weighted by atomic mass is 9.89. The van der Waals surface area contributed by atoms with E-state index >= 15 is 0 Å². The number of hydrogen-bond acceptors (Lipinski definition) is 5. The van der Waals surface area contributed by atoms with Gasteiger partial charge in [0.05, 0.1) is 0 Å². The topological polar surface area (TPSA) is 61.4 Å². The largest absolute Gasteiger partial charge is 0.354 e. The Labute approximate surface area is 144 Å². The minimum absolute atomic E-state index is 0.232. The Kier molecular flexibility index (Phi) is 6.41. The molecule has 1 saturated heterocycles. The van der Waals surface area contributed by atoms with Crippen LogP contribution in [0.1, 0.15) is 38.5 Å². The van der Waals surface area contributed by atoms with Crippen LogP contribution in [0.4, 0.5) is 5.95 Å². The number of anilines is 1. The molecule has 0 atom stereocenters. The molecule has 1 aliphatic carbocycles. The van der Waals surface area contributed by atoms with Crippen LogP contribution in [0.3, 0.4) is 0 Å². The van der Waals surface area contributed by atoms with E-state index in [1.807, 2.05) is 4.90 Å². The first-order valence-corrected chi connectivity index (χ1v) is 9.32. The summed E-state index contributed by atoms with van der Waals surface area (Å²) in [5, 5.41) is 3.10. The zero-order valence-corrected chi connectivity index (χ0v) is 14.5. The predicted molar refractivity (Wildman–Crippen MR) is 94.7 cm³/mol. The molecule has 132 valence electrons. The fraction of sp³-hybridized carbons (Fsp3) is 0.722. The van der Waals surface area contributed by atoms with E-state index in [0.717, 1.165) is 32.1 Å². The van der Waals surface area contributed by atoms with Crippen molar-refractivity contribution in [3.8, 4) is 0 Å². The highest BCUT2D eigenvalue weighted by Gasteiger charge is 2.23. The van der Waals surface area contributed by atoms with E-state index in [1.165, 1.54) is 38.6 Å². The Bertz CT molecular complexity index is 495. The molecule has 2 aliphatic rings. The van der Waals surface area contributed by atoms with Crippen molar-refractivity contribution in [3.05, 3.63) is 18.5 Å². The van der Waals surface area contributed by atoms with Crippen molar-refractivity contribution in [3.63, 3.8) is 0 Å². The summed E-state index contributed by atoms with van der Waals surface area (Å²) >= 11 is 0. The second-order valence-electron chi connectivity index (χ2n) is 6.93. The number of nitrogens with one attached hydrogen (secondary N) is 1. The van der Waals surface area contributed by atoms with Crippen molar-refractivity contribution in [2.75, 3.05) is 44.6 Å². The van der Waals surface area contributed by atoms with E-state index < -0.39 is 0 Å². The molecular formula is C18H29N5O. The van der Waals surface area contributed by atoms with Gasteiger partial charge in [0.15, 0.2) is 0 Å². The molecule has 0 spiro atoms. The summed E-state index contributed by atoms with van der Waals surface area (Å²) in [4.78, 5) is 25.1. The third-order valence-electron chi connectivity index (χ3n) is 5.15. The van der Waals surface area contributed by atoms with Crippen molar-refractivity contribution in [1.29, 1.82) is 0 Å². The predicted octanol–water partition coefficient (Wildman–Crippen LogP) is 2.00. The number of aromatic nitrogens is 2. The number of amides is 1. The van der Waals surface area contributed by atoms with Gasteiger partial charge in [-0.1, -0.05) is 19.3 Å². The van der Waals surface area contributed by atoms with Gasteiger partial charge in [0.1, 0.15) is 0 Å². The third kappa shape index (κ3) is 5.16. The summed E-state index contributed by atoms with van der Waals surface area (Å²) in [6.07, 6.45) is 10.9. The second kappa shape index (κ2) is 8.97. The average molecular weight is 331 g/mol. The molecule has 1 saturated carbocycles. The summed E-state index contributed by atoms with van der Waals surface area (Å²) in [6, 6.07) is 1.78.